The van der Waals surface area contributed by atoms with Gasteiger partial charge in [0.2, 0.25) is 0 Å². The SMILES string of the molecule is O=c1c2ccccc2n2c3ccccc3c3c4ccccc4c4c5ccccc5n1c4c32. The van der Waals surface area contributed by atoms with E-state index in [9.17, 15) is 4.79 Å². The summed E-state index contributed by atoms with van der Waals surface area (Å²) < 4.78 is 4.25. The average Bonchev–Trinajstić information content (AvgIpc) is 3.34. The Morgan fingerprint density at radius 1 is 0.406 bits per heavy atom. The molecule has 148 valence electrons. The minimum Gasteiger partial charge on any atom is -0.306 e. The molecule has 0 saturated carbocycles. The van der Waals surface area contributed by atoms with Gasteiger partial charge >= 0.3 is 0 Å². The van der Waals surface area contributed by atoms with Crippen molar-refractivity contribution in [3.63, 3.8) is 0 Å². The van der Waals surface area contributed by atoms with Crippen molar-refractivity contribution < 1.29 is 0 Å². The van der Waals surface area contributed by atoms with Crippen molar-refractivity contribution in [3.8, 4) is 0 Å². The molecule has 3 aromatic heterocycles. The Balaban J connectivity index is 1.99. The number of benzene rings is 5. The lowest BCUT2D eigenvalue weighted by atomic mass is 9.99. The van der Waals surface area contributed by atoms with Gasteiger partial charge in [0.1, 0.15) is 0 Å². The van der Waals surface area contributed by atoms with Crippen molar-refractivity contribution in [2.24, 2.45) is 0 Å². The zero-order valence-corrected chi connectivity index (χ0v) is 17.0. The molecule has 32 heavy (non-hydrogen) atoms. The molecule has 0 amide bonds. The van der Waals surface area contributed by atoms with Gasteiger partial charge in [-0.2, -0.15) is 0 Å². The second-order valence-electron chi connectivity index (χ2n) is 8.52. The number of para-hydroxylation sites is 3. The Labute approximate surface area is 181 Å². The Hall–Kier alpha value is -4.37. The largest absolute Gasteiger partial charge is 0.306 e. The fourth-order valence-corrected chi connectivity index (χ4v) is 5.82. The van der Waals surface area contributed by atoms with E-state index in [4.69, 9.17) is 0 Å². The molecule has 0 spiro atoms. The topological polar surface area (TPSA) is 25.9 Å². The number of aromatic nitrogens is 2. The number of hydrogen-bond acceptors (Lipinski definition) is 1. The van der Waals surface area contributed by atoms with E-state index in [2.05, 4.69) is 77.2 Å². The molecule has 8 rings (SSSR count). The van der Waals surface area contributed by atoms with Crippen LogP contribution in [0, 0.1) is 0 Å². The lowest BCUT2D eigenvalue weighted by molar-refractivity contribution is 1.22. The Morgan fingerprint density at radius 3 is 1.34 bits per heavy atom. The molecule has 8 aromatic rings. The molecule has 0 unspecified atom stereocenters. The fourth-order valence-electron chi connectivity index (χ4n) is 5.82. The fraction of sp³-hybridized carbons (Fsp3) is 0. The van der Waals surface area contributed by atoms with Gasteiger partial charge in [-0.1, -0.05) is 72.8 Å². The average molecular weight is 408 g/mol. The quantitative estimate of drug-likeness (QED) is 0.272. The highest BCUT2D eigenvalue weighted by atomic mass is 16.1. The molecule has 3 nitrogen and oxygen atoms in total. The summed E-state index contributed by atoms with van der Waals surface area (Å²) in [5.41, 5.74) is 5.15. The van der Waals surface area contributed by atoms with Crippen molar-refractivity contribution in [1.29, 1.82) is 0 Å². The van der Waals surface area contributed by atoms with Crippen LogP contribution in [0.15, 0.2) is 102 Å². The van der Waals surface area contributed by atoms with Gasteiger partial charge in [0.25, 0.3) is 5.56 Å². The first-order chi connectivity index (χ1) is 15.8. The van der Waals surface area contributed by atoms with Crippen LogP contribution in [0.2, 0.25) is 0 Å². The van der Waals surface area contributed by atoms with E-state index in [0.29, 0.717) is 0 Å². The molecule has 0 aliphatic carbocycles. The Bertz CT molecular complexity index is 2110. The zero-order valence-electron chi connectivity index (χ0n) is 17.0. The van der Waals surface area contributed by atoms with Crippen molar-refractivity contribution in [1.82, 2.24) is 8.80 Å². The van der Waals surface area contributed by atoms with Gasteiger partial charge in [-0.05, 0) is 35.0 Å². The summed E-state index contributed by atoms with van der Waals surface area (Å²) in [6.45, 7) is 0. The highest BCUT2D eigenvalue weighted by molar-refractivity contribution is 6.36. The molecule has 3 heterocycles. The molecule has 0 aliphatic rings. The first-order valence-corrected chi connectivity index (χ1v) is 10.9. The molecule has 0 fully saturated rings. The van der Waals surface area contributed by atoms with E-state index in [1.165, 1.54) is 21.5 Å². The lowest BCUT2D eigenvalue weighted by Crippen LogP contribution is -2.09. The number of hydrogen-bond donors (Lipinski definition) is 0. The van der Waals surface area contributed by atoms with Crippen LogP contribution in [-0.4, -0.2) is 8.80 Å². The van der Waals surface area contributed by atoms with Crippen LogP contribution in [-0.2, 0) is 0 Å². The summed E-state index contributed by atoms with van der Waals surface area (Å²) >= 11 is 0. The Morgan fingerprint density at radius 2 is 0.781 bits per heavy atom. The van der Waals surface area contributed by atoms with Gasteiger partial charge < -0.3 is 4.40 Å². The van der Waals surface area contributed by atoms with Gasteiger partial charge in [-0.25, -0.2) is 0 Å². The molecule has 3 heteroatoms. The second kappa shape index (κ2) is 5.45. The highest BCUT2D eigenvalue weighted by Gasteiger charge is 2.23. The monoisotopic (exact) mass is 408 g/mol. The van der Waals surface area contributed by atoms with Crippen molar-refractivity contribution >= 4 is 65.3 Å². The molecular weight excluding hydrogens is 392 g/mol. The van der Waals surface area contributed by atoms with Crippen LogP contribution in [0.25, 0.3) is 65.3 Å². The van der Waals surface area contributed by atoms with Gasteiger partial charge in [0.15, 0.2) is 0 Å². The molecule has 5 aromatic carbocycles. The minimum atomic E-state index is 0.0242. The van der Waals surface area contributed by atoms with Gasteiger partial charge in [0, 0.05) is 21.5 Å². The summed E-state index contributed by atoms with van der Waals surface area (Å²) in [7, 11) is 0. The van der Waals surface area contributed by atoms with Crippen LogP contribution < -0.4 is 5.56 Å². The zero-order chi connectivity index (χ0) is 21.0. The third kappa shape index (κ3) is 1.70. The summed E-state index contributed by atoms with van der Waals surface area (Å²) in [6.07, 6.45) is 0. The standard InChI is InChI=1S/C29H16N2O/c32-29-21-13-5-8-16-24(21)30-22-14-6-3-11-19(22)25-17-9-1-2-10-18(17)26-20-12-4-7-15-23(20)31(29)28(26)27(25)30/h1-16H. The predicted molar refractivity (Wildman–Crippen MR) is 133 cm³/mol. The summed E-state index contributed by atoms with van der Waals surface area (Å²) in [5, 5.41) is 7.81. The number of rotatable bonds is 0. The van der Waals surface area contributed by atoms with E-state index >= 15 is 0 Å². The first-order valence-electron chi connectivity index (χ1n) is 10.9. The predicted octanol–water partition coefficient (Wildman–Crippen LogP) is 6.76. The van der Waals surface area contributed by atoms with E-state index in [0.717, 1.165) is 43.7 Å². The van der Waals surface area contributed by atoms with E-state index in [-0.39, 0.29) is 5.56 Å². The third-order valence-corrected chi connectivity index (χ3v) is 7.02. The molecule has 0 radical (unpaired) electrons. The van der Waals surface area contributed by atoms with Crippen LogP contribution in [0.3, 0.4) is 0 Å². The first kappa shape index (κ1) is 16.3. The summed E-state index contributed by atoms with van der Waals surface area (Å²) in [4.78, 5) is 14.1. The van der Waals surface area contributed by atoms with Crippen LogP contribution in [0.4, 0.5) is 0 Å². The molecule has 0 bridgehead atoms. The van der Waals surface area contributed by atoms with E-state index in [1.54, 1.807) is 0 Å². The maximum absolute atomic E-state index is 14.1. The minimum absolute atomic E-state index is 0.0242. The van der Waals surface area contributed by atoms with Crippen LogP contribution in [0.5, 0.6) is 0 Å². The van der Waals surface area contributed by atoms with Crippen LogP contribution in [0.1, 0.15) is 0 Å². The van der Waals surface area contributed by atoms with Crippen molar-refractivity contribution in [2.45, 2.75) is 0 Å². The molecular formula is C29H16N2O. The normalized spacial score (nSPS) is 12.5. The van der Waals surface area contributed by atoms with Crippen LogP contribution >= 0.6 is 0 Å². The Kier molecular flexibility index (Phi) is 2.79. The maximum Gasteiger partial charge on any atom is 0.265 e. The third-order valence-electron chi connectivity index (χ3n) is 7.02. The van der Waals surface area contributed by atoms with E-state index in [1.807, 2.05) is 28.7 Å². The van der Waals surface area contributed by atoms with E-state index < -0.39 is 0 Å². The van der Waals surface area contributed by atoms with Gasteiger partial charge in [-0.15, -0.1) is 0 Å². The highest BCUT2D eigenvalue weighted by Crippen LogP contribution is 2.44. The summed E-state index contributed by atoms with van der Waals surface area (Å²) in [6, 6.07) is 33.4. The maximum atomic E-state index is 14.1. The molecule has 0 atom stereocenters. The number of nitrogens with zero attached hydrogens (tertiary/aromatic N) is 2. The summed E-state index contributed by atoms with van der Waals surface area (Å²) in [5.74, 6) is 0. The van der Waals surface area contributed by atoms with Gasteiger partial charge in [0.05, 0.1) is 33.0 Å². The number of fused-ring (bicyclic) bond motifs is 11. The smallest absolute Gasteiger partial charge is 0.265 e. The van der Waals surface area contributed by atoms with Crippen molar-refractivity contribution in [3.05, 3.63) is 107 Å². The molecule has 0 aliphatic heterocycles. The molecule has 0 N–H and O–H groups in total. The van der Waals surface area contributed by atoms with Crippen molar-refractivity contribution in [2.75, 3.05) is 0 Å². The van der Waals surface area contributed by atoms with Gasteiger partial charge in [-0.3, -0.25) is 9.20 Å². The second-order valence-corrected chi connectivity index (χ2v) is 8.52. The lowest BCUT2D eigenvalue weighted by Gasteiger charge is -2.05. The molecule has 0 saturated heterocycles.